The molecule has 0 unspecified atom stereocenters. The highest BCUT2D eigenvalue weighted by Gasteiger charge is 2.27. The molecule has 0 saturated heterocycles. The molecule has 1 N–H and O–H groups in total. The van der Waals surface area contributed by atoms with Crippen LogP contribution < -0.4 is 4.31 Å². The van der Waals surface area contributed by atoms with E-state index in [1.807, 2.05) is 6.07 Å². The van der Waals surface area contributed by atoms with E-state index in [9.17, 15) is 13.2 Å². The van der Waals surface area contributed by atoms with Gasteiger partial charge in [-0.1, -0.05) is 18.2 Å². The molecule has 0 saturated carbocycles. The van der Waals surface area contributed by atoms with Gasteiger partial charge in [0.2, 0.25) is 0 Å². The van der Waals surface area contributed by atoms with Crippen LogP contribution in [-0.4, -0.2) is 26.0 Å². The summed E-state index contributed by atoms with van der Waals surface area (Å²) in [6.45, 7) is -0.00400. The molecule has 0 fully saturated rings. The molecule has 0 aliphatic carbocycles. The van der Waals surface area contributed by atoms with Crippen LogP contribution >= 0.6 is 15.9 Å². The molecule has 2 aromatic rings. The average Bonchev–Trinajstić information content (AvgIpc) is 2.55. The Morgan fingerprint density at radius 1 is 1.21 bits per heavy atom. The number of hydrogen-bond acceptors (Lipinski definition) is 4. The van der Waals surface area contributed by atoms with Gasteiger partial charge in [-0.15, -0.1) is 0 Å². The maximum absolute atomic E-state index is 13.0. The molecule has 8 heteroatoms. The summed E-state index contributed by atoms with van der Waals surface area (Å²) in [6.07, 6.45) is 0.0267. The second kappa shape index (κ2) is 7.47. The number of halogens is 1. The molecule has 2 aromatic carbocycles. The molecule has 0 aliphatic rings. The van der Waals surface area contributed by atoms with E-state index in [-0.39, 0.29) is 27.9 Å². The second-order valence-corrected chi connectivity index (χ2v) is 7.46. The van der Waals surface area contributed by atoms with E-state index in [4.69, 9.17) is 10.4 Å². The lowest BCUT2D eigenvalue weighted by Gasteiger charge is -2.24. The van der Waals surface area contributed by atoms with Crippen LogP contribution in [0.1, 0.15) is 16.8 Å². The number of hydrogen-bond donors (Lipinski definition) is 1. The van der Waals surface area contributed by atoms with Gasteiger partial charge in [0.25, 0.3) is 10.0 Å². The zero-order chi connectivity index (χ0) is 17.7. The number of anilines is 1. The summed E-state index contributed by atoms with van der Waals surface area (Å²) in [4.78, 5) is 10.9. The molecule has 2 rings (SSSR count). The van der Waals surface area contributed by atoms with Gasteiger partial charge >= 0.3 is 5.97 Å². The quantitative estimate of drug-likeness (QED) is 0.790. The Labute approximate surface area is 148 Å². The van der Waals surface area contributed by atoms with Gasteiger partial charge in [0, 0.05) is 11.0 Å². The van der Waals surface area contributed by atoms with Crippen LogP contribution in [0.4, 0.5) is 5.69 Å². The Bertz CT molecular complexity index is 892. The molecule has 0 amide bonds. The van der Waals surface area contributed by atoms with E-state index in [2.05, 4.69) is 15.9 Å². The molecule has 0 spiro atoms. The van der Waals surface area contributed by atoms with Crippen molar-refractivity contribution in [1.29, 1.82) is 5.26 Å². The molecule has 0 atom stereocenters. The standard InChI is InChI=1S/C16H13BrN2O4S/c17-14-11-12(16(20)21)7-8-15(14)24(22,23)19(10-4-9-18)13-5-2-1-3-6-13/h1-3,5-8,11H,4,10H2,(H,20,21). The molecule has 24 heavy (non-hydrogen) atoms. The molecule has 0 aliphatic heterocycles. The zero-order valence-electron chi connectivity index (χ0n) is 12.4. The van der Waals surface area contributed by atoms with E-state index in [0.717, 1.165) is 4.31 Å². The average molecular weight is 409 g/mol. The normalized spacial score (nSPS) is 10.8. The van der Waals surface area contributed by atoms with Crippen molar-refractivity contribution in [3.05, 3.63) is 58.6 Å². The summed E-state index contributed by atoms with van der Waals surface area (Å²) in [5.74, 6) is -1.15. The van der Waals surface area contributed by atoms with Crippen molar-refractivity contribution in [1.82, 2.24) is 0 Å². The van der Waals surface area contributed by atoms with Crippen LogP contribution in [0.5, 0.6) is 0 Å². The minimum Gasteiger partial charge on any atom is -0.478 e. The van der Waals surface area contributed by atoms with Crippen molar-refractivity contribution >= 4 is 37.6 Å². The summed E-state index contributed by atoms with van der Waals surface area (Å²) in [7, 11) is -3.96. The predicted molar refractivity (Wildman–Crippen MR) is 92.3 cm³/mol. The highest BCUT2D eigenvalue weighted by Crippen LogP contribution is 2.29. The molecule has 0 aromatic heterocycles. The number of carboxylic acid groups (broad SMARTS) is 1. The summed E-state index contributed by atoms with van der Waals surface area (Å²) < 4.78 is 27.2. The third kappa shape index (κ3) is 3.75. The Kier molecular flexibility index (Phi) is 5.59. The van der Waals surface area contributed by atoms with Crippen molar-refractivity contribution in [2.75, 3.05) is 10.8 Å². The fourth-order valence-electron chi connectivity index (χ4n) is 2.10. The number of benzene rings is 2. The van der Waals surface area contributed by atoms with Gasteiger partial charge in [0.1, 0.15) is 4.90 Å². The van der Waals surface area contributed by atoms with Crippen molar-refractivity contribution < 1.29 is 18.3 Å². The second-order valence-electron chi connectivity index (χ2n) is 4.77. The molecular formula is C16H13BrN2O4S. The van der Waals surface area contributed by atoms with Crippen LogP contribution in [0, 0.1) is 11.3 Å². The monoisotopic (exact) mass is 408 g/mol. The smallest absolute Gasteiger partial charge is 0.335 e. The first kappa shape index (κ1) is 18.0. The van der Waals surface area contributed by atoms with Crippen LogP contribution in [0.15, 0.2) is 57.9 Å². The fourth-order valence-corrected chi connectivity index (χ4v) is 4.60. The predicted octanol–water partition coefficient (Wildman–Crippen LogP) is 3.26. The summed E-state index contributed by atoms with van der Waals surface area (Å²) in [5.41, 5.74) is 0.408. The third-order valence-corrected chi connectivity index (χ3v) is 6.02. The lowest BCUT2D eigenvalue weighted by Crippen LogP contribution is -2.32. The first-order valence-corrected chi connectivity index (χ1v) is 9.09. The molecular weight excluding hydrogens is 396 g/mol. The lowest BCUT2D eigenvalue weighted by atomic mass is 10.2. The van der Waals surface area contributed by atoms with Gasteiger partial charge in [-0.2, -0.15) is 5.26 Å². The van der Waals surface area contributed by atoms with Crippen molar-refractivity contribution in [2.24, 2.45) is 0 Å². The van der Waals surface area contributed by atoms with E-state index in [1.165, 1.54) is 18.2 Å². The highest BCUT2D eigenvalue weighted by atomic mass is 79.9. The van der Waals surface area contributed by atoms with Crippen LogP contribution in [-0.2, 0) is 10.0 Å². The fraction of sp³-hybridized carbons (Fsp3) is 0.125. The lowest BCUT2D eigenvalue weighted by molar-refractivity contribution is 0.0696. The number of rotatable bonds is 6. The SMILES string of the molecule is N#CCCN(c1ccccc1)S(=O)(=O)c1ccc(C(=O)O)cc1Br. The largest absolute Gasteiger partial charge is 0.478 e. The number of carbonyl (C=O) groups is 1. The van der Waals surface area contributed by atoms with E-state index >= 15 is 0 Å². The Hall–Kier alpha value is -2.37. The van der Waals surface area contributed by atoms with Crippen LogP contribution in [0.2, 0.25) is 0 Å². The van der Waals surface area contributed by atoms with E-state index < -0.39 is 16.0 Å². The molecule has 0 heterocycles. The molecule has 0 radical (unpaired) electrons. The maximum atomic E-state index is 13.0. The topological polar surface area (TPSA) is 98.5 Å². The first-order valence-electron chi connectivity index (χ1n) is 6.85. The number of sulfonamides is 1. The van der Waals surface area contributed by atoms with Gasteiger partial charge in [0.05, 0.1) is 23.7 Å². The van der Waals surface area contributed by atoms with E-state index in [0.29, 0.717) is 5.69 Å². The van der Waals surface area contributed by atoms with Gasteiger partial charge in [-0.05, 0) is 46.3 Å². The first-order chi connectivity index (χ1) is 11.4. The highest BCUT2D eigenvalue weighted by molar-refractivity contribution is 9.10. The van der Waals surface area contributed by atoms with Crippen molar-refractivity contribution in [3.8, 4) is 6.07 Å². The third-order valence-electron chi connectivity index (χ3n) is 3.22. The Morgan fingerprint density at radius 3 is 2.42 bits per heavy atom. The number of nitriles is 1. The van der Waals surface area contributed by atoms with Crippen molar-refractivity contribution in [3.63, 3.8) is 0 Å². The summed E-state index contributed by atoms with van der Waals surface area (Å²) in [6, 6.07) is 14.1. The number of nitrogens with zero attached hydrogens (tertiary/aromatic N) is 2. The minimum atomic E-state index is -3.96. The zero-order valence-corrected chi connectivity index (χ0v) is 14.8. The van der Waals surface area contributed by atoms with Crippen molar-refractivity contribution in [2.45, 2.75) is 11.3 Å². The summed E-state index contributed by atoms with van der Waals surface area (Å²) >= 11 is 3.13. The van der Waals surface area contributed by atoms with Gasteiger partial charge < -0.3 is 5.11 Å². The molecule has 124 valence electrons. The van der Waals surface area contributed by atoms with Crippen LogP contribution in [0.3, 0.4) is 0 Å². The Morgan fingerprint density at radius 2 is 1.88 bits per heavy atom. The van der Waals surface area contributed by atoms with Gasteiger partial charge in [-0.25, -0.2) is 13.2 Å². The van der Waals surface area contributed by atoms with Gasteiger partial charge in [0.15, 0.2) is 0 Å². The maximum Gasteiger partial charge on any atom is 0.335 e. The number of carboxylic acids is 1. The molecule has 6 nitrogen and oxygen atoms in total. The number of para-hydroxylation sites is 1. The number of aromatic carboxylic acids is 1. The van der Waals surface area contributed by atoms with E-state index in [1.54, 1.807) is 30.3 Å². The van der Waals surface area contributed by atoms with Crippen LogP contribution in [0.25, 0.3) is 0 Å². The summed E-state index contributed by atoms with van der Waals surface area (Å²) in [5, 5.41) is 17.8. The molecule has 0 bridgehead atoms. The van der Waals surface area contributed by atoms with Gasteiger partial charge in [-0.3, -0.25) is 4.31 Å². The Balaban J connectivity index is 2.52. The minimum absolute atomic E-state index is 0.00400.